The number of aromatic nitrogens is 2. The molecule has 0 saturated heterocycles. The lowest BCUT2D eigenvalue weighted by atomic mass is 10.0. The fourth-order valence-corrected chi connectivity index (χ4v) is 2.43. The summed E-state index contributed by atoms with van der Waals surface area (Å²) in [5.41, 5.74) is 2.56. The molecule has 0 bridgehead atoms. The Morgan fingerprint density at radius 1 is 1.14 bits per heavy atom. The van der Waals surface area contributed by atoms with Crippen molar-refractivity contribution in [2.75, 3.05) is 6.61 Å². The predicted octanol–water partition coefficient (Wildman–Crippen LogP) is 3.30. The fourth-order valence-electron chi connectivity index (χ4n) is 2.43. The van der Waals surface area contributed by atoms with Gasteiger partial charge in [-0.05, 0) is 32.0 Å². The third-order valence-electron chi connectivity index (χ3n) is 3.39. The fraction of sp³-hybridized carbons (Fsp3) is 0.176. The molecule has 4 nitrogen and oxygen atoms in total. The second-order valence-electron chi connectivity index (χ2n) is 4.88. The van der Waals surface area contributed by atoms with Crippen LogP contribution in [0.5, 0.6) is 5.75 Å². The van der Waals surface area contributed by atoms with E-state index in [4.69, 9.17) is 4.74 Å². The van der Waals surface area contributed by atoms with Gasteiger partial charge in [-0.15, -0.1) is 0 Å². The van der Waals surface area contributed by atoms with Crippen molar-refractivity contribution in [3.8, 4) is 17.0 Å². The van der Waals surface area contributed by atoms with Gasteiger partial charge < -0.3 is 4.74 Å². The standard InChI is InChI=1S/C17H16N2O2/c1-3-21-15-9-8-11(2)10-14(15)16-12-6-4-5-7-13(12)17(20)19-18-16/h4-10H,3H2,1-2H3,(H,19,20). The third-order valence-corrected chi connectivity index (χ3v) is 3.39. The normalized spacial score (nSPS) is 10.8. The average Bonchev–Trinajstić information content (AvgIpc) is 2.50. The Kier molecular flexibility index (Phi) is 3.44. The average molecular weight is 280 g/mol. The number of rotatable bonds is 3. The van der Waals surface area contributed by atoms with E-state index < -0.39 is 0 Å². The Labute approximate surface area is 122 Å². The van der Waals surface area contributed by atoms with Gasteiger partial charge in [-0.3, -0.25) is 4.79 Å². The second kappa shape index (κ2) is 5.40. The molecule has 1 N–H and O–H groups in total. The Morgan fingerprint density at radius 2 is 1.90 bits per heavy atom. The van der Waals surface area contributed by atoms with Crippen molar-refractivity contribution in [2.45, 2.75) is 13.8 Å². The number of fused-ring (bicyclic) bond motifs is 1. The summed E-state index contributed by atoms with van der Waals surface area (Å²) < 4.78 is 5.69. The van der Waals surface area contributed by atoms with E-state index in [1.54, 1.807) is 6.07 Å². The SMILES string of the molecule is CCOc1ccc(C)cc1-c1n[nH]c(=O)c2ccccc12. The zero-order valence-electron chi connectivity index (χ0n) is 12.0. The monoisotopic (exact) mass is 280 g/mol. The van der Waals surface area contributed by atoms with Crippen molar-refractivity contribution in [3.05, 3.63) is 58.4 Å². The number of aromatic amines is 1. The third kappa shape index (κ3) is 2.40. The summed E-state index contributed by atoms with van der Waals surface area (Å²) in [5.74, 6) is 0.771. The van der Waals surface area contributed by atoms with Crippen molar-refractivity contribution >= 4 is 10.8 Å². The van der Waals surface area contributed by atoms with E-state index >= 15 is 0 Å². The van der Waals surface area contributed by atoms with Gasteiger partial charge in [0.25, 0.3) is 5.56 Å². The zero-order valence-corrected chi connectivity index (χ0v) is 12.0. The molecule has 0 radical (unpaired) electrons. The first-order chi connectivity index (χ1) is 10.2. The maximum atomic E-state index is 11.9. The highest BCUT2D eigenvalue weighted by Gasteiger charge is 2.13. The van der Waals surface area contributed by atoms with E-state index in [1.165, 1.54) is 0 Å². The van der Waals surface area contributed by atoms with E-state index in [1.807, 2.05) is 50.2 Å². The van der Waals surface area contributed by atoms with Gasteiger partial charge in [-0.2, -0.15) is 5.10 Å². The topological polar surface area (TPSA) is 55.0 Å². The van der Waals surface area contributed by atoms with Crippen LogP contribution in [0, 0.1) is 6.92 Å². The number of aryl methyl sites for hydroxylation is 1. The molecule has 21 heavy (non-hydrogen) atoms. The van der Waals surface area contributed by atoms with Gasteiger partial charge >= 0.3 is 0 Å². The zero-order chi connectivity index (χ0) is 14.8. The second-order valence-corrected chi connectivity index (χ2v) is 4.88. The molecule has 0 aliphatic heterocycles. The summed E-state index contributed by atoms with van der Waals surface area (Å²) in [6, 6.07) is 13.4. The minimum atomic E-state index is -0.181. The van der Waals surface area contributed by atoms with Crippen LogP contribution < -0.4 is 10.3 Å². The van der Waals surface area contributed by atoms with E-state index in [0.717, 1.165) is 28.0 Å². The first-order valence-electron chi connectivity index (χ1n) is 6.92. The molecule has 0 spiro atoms. The molecule has 3 aromatic rings. The van der Waals surface area contributed by atoms with Crippen molar-refractivity contribution in [3.63, 3.8) is 0 Å². The van der Waals surface area contributed by atoms with Crippen molar-refractivity contribution in [1.29, 1.82) is 0 Å². The van der Waals surface area contributed by atoms with Crippen LogP contribution in [0.2, 0.25) is 0 Å². The Balaban J connectivity index is 2.33. The van der Waals surface area contributed by atoms with Crippen LogP contribution in [0.4, 0.5) is 0 Å². The molecule has 0 fully saturated rings. The molecule has 1 heterocycles. The van der Waals surface area contributed by atoms with Gasteiger partial charge in [0, 0.05) is 10.9 Å². The van der Waals surface area contributed by atoms with Crippen molar-refractivity contribution in [1.82, 2.24) is 10.2 Å². The number of hydrogen-bond donors (Lipinski definition) is 1. The summed E-state index contributed by atoms with van der Waals surface area (Å²) in [5, 5.41) is 8.27. The van der Waals surface area contributed by atoms with Crippen molar-refractivity contribution < 1.29 is 4.74 Å². The van der Waals surface area contributed by atoms with Gasteiger partial charge in [-0.25, -0.2) is 5.10 Å². The summed E-state index contributed by atoms with van der Waals surface area (Å²) in [7, 11) is 0. The van der Waals surface area contributed by atoms with Crippen molar-refractivity contribution in [2.24, 2.45) is 0 Å². The minimum absolute atomic E-state index is 0.181. The molecule has 0 aliphatic carbocycles. The predicted molar refractivity (Wildman–Crippen MR) is 83.7 cm³/mol. The van der Waals surface area contributed by atoms with Crippen LogP contribution in [0.1, 0.15) is 12.5 Å². The highest BCUT2D eigenvalue weighted by molar-refractivity contribution is 5.95. The molecule has 3 rings (SSSR count). The number of nitrogens with one attached hydrogen (secondary N) is 1. The highest BCUT2D eigenvalue weighted by Crippen LogP contribution is 2.33. The number of nitrogens with zero attached hydrogens (tertiary/aromatic N) is 1. The summed E-state index contributed by atoms with van der Waals surface area (Å²) in [6.07, 6.45) is 0. The smallest absolute Gasteiger partial charge is 0.272 e. The number of benzene rings is 2. The van der Waals surface area contributed by atoms with E-state index in [-0.39, 0.29) is 5.56 Å². The van der Waals surface area contributed by atoms with Gasteiger partial charge in [0.15, 0.2) is 0 Å². The lowest BCUT2D eigenvalue weighted by Crippen LogP contribution is -2.09. The molecule has 106 valence electrons. The maximum Gasteiger partial charge on any atom is 0.272 e. The van der Waals surface area contributed by atoms with E-state index in [9.17, 15) is 4.79 Å². The first-order valence-corrected chi connectivity index (χ1v) is 6.92. The lowest BCUT2D eigenvalue weighted by molar-refractivity contribution is 0.341. The van der Waals surface area contributed by atoms with Gasteiger partial charge in [0.2, 0.25) is 0 Å². The molecular weight excluding hydrogens is 264 g/mol. The van der Waals surface area contributed by atoms with Gasteiger partial charge in [0.05, 0.1) is 12.0 Å². The summed E-state index contributed by atoms with van der Waals surface area (Å²) >= 11 is 0. The first kappa shape index (κ1) is 13.4. The van der Waals surface area contributed by atoms with Crippen LogP contribution in [-0.2, 0) is 0 Å². The molecule has 4 heteroatoms. The number of ether oxygens (including phenoxy) is 1. The van der Waals surface area contributed by atoms with Crippen LogP contribution in [0.3, 0.4) is 0 Å². The maximum absolute atomic E-state index is 11.9. The van der Waals surface area contributed by atoms with Gasteiger partial charge in [-0.1, -0.05) is 29.8 Å². The van der Waals surface area contributed by atoms with Crippen LogP contribution in [-0.4, -0.2) is 16.8 Å². The quantitative estimate of drug-likeness (QED) is 0.801. The number of H-pyrrole nitrogens is 1. The van der Waals surface area contributed by atoms with E-state index in [2.05, 4.69) is 10.2 Å². The molecule has 0 atom stereocenters. The van der Waals surface area contributed by atoms with Crippen LogP contribution in [0.25, 0.3) is 22.0 Å². The molecule has 2 aromatic carbocycles. The lowest BCUT2D eigenvalue weighted by Gasteiger charge is -2.12. The molecule has 0 aliphatic rings. The highest BCUT2D eigenvalue weighted by atomic mass is 16.5. The van der Waals surface area contributed by atoms with Gasteiger partial charge in [0.1, 0.15) is 11.4 Å². The Hall–Kier alpha value is -2.62. The molecule has 0 amide bonds. The molecule has 1 aromatic heterocycles. The minimum Gasteiger partial charge on any atom is -0.493 e. The summed E-state index contributed by atoms with van der Waals surface area (Å²) in [6.45, 7) is 4.55. The molecule has 0 saturated carbocycles. The Morgan fingerprint density at radius 3 is 2.67 bits per heavy atom. The van der Waals surface area contributed by atoms with Crippen LogP contribution >= 0.6 is 0 Å². The largest absolute Gasteiger partial charge is 0.493 e. The van der Waals surface area contributed by atoms with E-state index in [0.29, 0.717) is 12.0 Å². The molecular formula is C17H16N2O2. The Bertz CT molecular complexity index is 853. The summed E-state index contributed by atoms with van der Waals surface area (Å²) in [4.78, 5) is 11.9. The van der Waals surface area contributed by atoms with Crippen LogP contribution in [0.15, 0.2) is 47.3 Å². The molecule has 0 unspecified atom stereocenters. The number of hydrogen-bond acceptors (Lipinski definition) is 3.